The highest BCUT2D eigenvalue weighted by molar-refractivity contribution is 7.21. The lowest BCUT2D eigenvalue weighted by Crippen LogP contribution is -2.27. The molecule has 0 bridgehead atoms. The van der Waals surface area contributed by atoms with E-state index in [4.69, 9.17) is 9.72 Å². The minimum atomic E-state index is 0. The van der Waals surface area contributed by atoms with E-state index in [0.717, 1.165) is 41.4 Å². The molecule has 1 heterocycles. The summed E-state index contributed by atoms with van der Waals surface area (Å²) < 4.78 is 7.15. The van der Waals surface area contributed by atoms with Crippen LogP contribution in [0, 0.1) is 0 Å². The van der Waals surface area contributed by atoms with Gasteiger partial charge in [-0.25, -0.2) is 4.98 Å². The first-order valence-corrected chi connectivity index (χ1v) is 10.4. The molecule has 0 saturated heterocycles. The summed E-state index contributed by atoms with van der Waals surface area (Å²) in [4.78, 5) is 7.24. The van der Waals surface area contributed by atoms with E-state index in [1.807, 2.05) is 6.07 Å². The SMILES string of the molecule is CCCN(CCC)CCCOc1ccc(-c2nc3ccccc3s2)cc1.Cl.O. The average molecular weight is 423 g/mol. The van der Waals surface area contributed by atoms with Gasteiger partial charge in [0.15, 0.2) is 0 Å². The summed E-state index contributed by atoms with van der Waals surface area (Å²) >= 11 is 1.73. The van der Waals surface area contributed by atoms with Gasteiger partial charge in [-0.1, -0.05) is 26.0 Å². The summed E-state index contributed by atoms with van der Waals surface area (Å²) in [5, 5.41) is 1.06. The third kappa shape index (κ3) is 6.74. The molecule has 3 rings (SSSR count). The molecule has 154 valence electrons. The Kier molecular flexibility index (Phi) is 11.1. The van der Waals surface area contributed by atoms with Crippen molar-refractivity contribution in [1.29, 1.82) is 0 Å². The number of thiazole rings is 1. The van der Waals surface area contributed by atoms with Crippen molar-refractivity contribution >= 4 is 34.0 Å². The van der Waals surface area contributed by atoms with Gasteiger partial charge in [-0.3, -0.25) is 0 Å². The van der Waals surface area contributed by atoms with E-state index >= 15 is 0 Å². The zero-order chi connectivity index (χ0) is 18.2. The number of rotatable bonds is 10. The van der Waals surface area contributed by atoms with Gasteiger partial charge in [-0.2, -0.15) is 0 Å². The average Bonchev–Trinajstić information content (AvgIpc) is 3.10. The maximum Gasteiger partial charge on any atom is 0.124 e. The van der Waals surface area contributed by atoms with Gasteiger partial charge in [0.25, 0.3) is 0 Å². The third-order valence-corrected chi connectivity index (χ3v) is 5.45. The predicted molar refractivity (Wildman–Crippen MR) is 123 cm³/mol. The lowest BCUT2D eigenvalue weighted by atomic mass is 10.2. The van der Waals surface area contributed by atoms with Crippen LogP contribution >= 0.6 is 23.7 Å². The normalized spacial score (nSPS) is 10.5. The summed E-state index contributed by atoms with van der Waals surface area (Å²) in [7, 11) is 0. The molecule has 6 heteroatoms. The molecule has 0 fully saturated rings. The number of nitrogens with zero attached hydrogens (tertiary/aromatic N) is 2. The quantitative estimate of drug-likeness (QED) is 0.408. The standard InChI is InChI=1S/C22H28N2OS.ClH.H2O/c1-3-14-24(15-4-2)16-7-17-25-19-12-10-18(11-13-19)22-23-20-8-5-6-9-21(20)26-22;;/h5-6,8-13H,3-4,7,14-17H2,1-2H3;1H;1H2. The van der Waals surface area contributed by atoms with E-state index in [1.54, 1.807) is 11.3 Å². The highest BCUT2D eigenvalue weighted by Gasteiger charge is 2.06. The zero-order valence-corrected chi connectivity index (χ0v) is 18.3. The minimum Gasteiger partial charge on any atom is -0.494 e. The molecule has 0 saturated carbocycles. The van der Waals surface area contributed by atoms with Gasteiger partial charge >= 0.3 is 0 Å². The van der Waals surface area contributed by atoms with Crippen LogP contribution in [0.4, 0.5) is 0 Å². The fourth-order valence-corrected chi connectivity index (χ4v) is 4.11. The Labute approximate surface area is 178 Å². The second-order valence-electron chi connectivity index (χ2n) is 6.55. The van der Waals surface area contributed by atoms with E-state index in [1.165, 1.54) is 30.6 Å². The van der Waals surface area contributed by atoms with E-state index in [-0.39, 0.29) is 17.9 Å². The van der Waals surface area contributed by atoms with Crippen molar-refractivity contribution in [2.24, 2.45) is 0 Å². The van der Waals surface area contributed by atoms with Crippen molar-refractivity contribution in [3.63, 3.8) is 0 Å². The molecule has 3 aromatic rings. The summed E-state index contributed by atoms with van der Waals surface area (Å²) in [5.74, 6) is 0.937. The molecule has 0 radical (unpaired) electrons. The number of para-hydroxylation sites is 1. The number of hydrogen-bond donors (Lipinski definition) is 0. The van der Waals surface area contributed by atoms with E-state index in [9.17, 15) is 0 Å². The Bertz CT molecular complexity index is 769. The van der Waals surface area contributed by atoms with Crippen molar-refractivity contribution in [2.75, 3.05) is 26.2 Å². The molecule has 0 atom stereocenters. The number of hydrogen-bond acceptors (Lipinski definition) is 4. The van der Waals surface area contributed by atoms with Crippen LogP contribution in [0.15, 0.2) is 48.5 Å². The van der Waals surface area contributed by atoms with Gasteiger partial charge in [0, 0.05) is 12.1 Å². The van der Waals surface area contributed by atoms with Crippen molar-refractivity contribution in [1.82, 2.24) is 9.88 Å². The summed E-state index contributed by atoms with van der Waals surface area (Å²) in [5.41, 5.74) is 2.21. The Morgan fingerprint density at radius 3 is 2.25 bits per heavy atom. The Balaban J connectivity index is 0.00000196. The molecule has 0 aliphatic carbocycles. The Hall–Kier alpha value is -1.66. The lowest BCUT2D eigenvalue weighted by Gasteiger charge is -2.20. The zero-order valence-electron chi connectivity index (χ0n) is 16.7. The number of benzene rings is 2. The van der Waals surface area contributed by atoms with Crippen LogP contribution in [0.3, 0.4) is 0 Å². The van der Waals surface area contributed by atoms with Crippen LogP contribution in [-0.2, 0) is 0 Å². The molecule has 2 N–H and O–H groups in total. The molecular formula is C22H31ClN2O2S. The summed E-state index contributed by atoms with van der Waals surface area (Å²) in [6.07, 6.45) is 3.50. The minimum absolute atomic E-state index is 0. The van der Waals surface area contributed by atoms with Crippen molar-refractivity contribution in [3.05, 3.63) is 48.5 Å². The maximum absolute atomic E-state index is 5.92. The van der Waals surface area contributed by atoms with E-state index in [2.05, 4.69) is 61.2 Å². The van der Waals surface area contributed by atoms with Crippen molar-refractivity contribution in [2.45, 2.75) is 33.1 Å². The molecule has 0 spiro atoms. The largest absolute Gasteiger partial charge is 0.494 e. The van der Waals surface area contributed by atoms with Gasteiger partial charge in [0.1, 0.15) is 10.8 Å². The first kappa shape index (κ1) is 24.4. The molecule has 2 aromatic carbocycles. The van der Waals surface area contributed by atoms with Crippen LogP contribution < -0.4 is 4.74 Å². The Morgan fingerprint density at radius 2 is 1.61 bits per heavy atom. The Morgan fingerprint density at radius 1 is 0.929 bits per heavy atom. The monoisotopic (exact) mass is 422 g/mol. The number of halogens is 1. The summed E-state index contributed by atoms with van der Waals surface area (Å²) in [6, 6.07) is 16.6. The number of aromatic nitrogens is 1. The second-order valence-corrected chi connectivity index (χ2v) is 7.59. The summed E-state index contributed by atoms with van der Waals surface area (Å²) in [6.45, 7) is 8.74. The van der Waals surface area contributed by atoms with Crippen LogP contribution in [0.1, 0.15) is 33.1 Å². The van der Waals surface area contributed by atoms with Gasteiger partial charge in [0.05, 0.1) is 16.8 Å². The van der Waals surface area contributed by atoms with Gasteiger partial charge in [-0.15, -0.1) is 23.7 Å². The van der Waals surface area contributed by atoms with Gasteiger partial charge in [0.2, 0.25) is 0 Å². The lowest BCUT2D eigenvalue weighted by molar-refractivity contribution is 0.234. The molecule has 28 heavy (non-hydrogen) atoms. The molecule has 0 aliphatic rings. The first-order chi connectivity index (χ1) is 12.8. The highest BCUT2D eigenvalue weighted by atomic mass is 35.5. The molecule has 1 aromatic heterocycles. The number of fused-ring (bicyclic) bond motifs is 1. The van der Waals surface area contributed by atoms with Crippen LogP contribution in [0.25, 0.3) is 20.8 Å². The fraction of sp³-hybridized carbons (Fsp3) is 0.409. The number of ether oxygens (including phenoxy) is 1. The third-order valence-electron chi connectivity index (χ3n) is 4.36. The van der Waals surface area contributed by atoms with E-state index in [0.29, 0.717) is 0 Å². The molecule has 0 unspecified atom stereocenters. The highest BCUT2D eigenvalue weighted by Crippen LogP contribution is 2.30. The fourth-order valence-electron chi connectivity index (χ4n) is 3.14. The first-order valence-electron chi connectivity index (χ1n) is 9.61. The smallest absolute Gasteiger partial charge is 0.124 e. The van der Waals surface area contributed by atoms with Gasteiger partial charge in [-0.05, 0) is 68.8 Å². The van der Waals surface area contributed by atoms with Gasteiger partial charge < -0.3 is 15.1 Å². The topological polar surface area (TPSA) is 56.9 Å². The molecular weight excluding hydrogens is 392 g/mol. The molecule has 0 amide bonds. The van der Waals surface area contributed by atoms with Crippen LogP contribution in [-0.4, -0.2) is 41.6 Å². The van der Waals surface area contributed by atoms with Crippen LogP contribution in [0.5, 0.6) is 5.75 Å². The predicted octanol–water partition coefficient (Wildman–Crippen LogP) is 5.45. The van der Waals surface area contributed by atoms with Crippen molar-refractivity contribution in [3.8, 4) is 16.3 Å². The molecule has 4 nitrogen and oxygen atoms in total. The van der Waals surface area contributed by atoms with E-state index < -0.39 is 0 Å². The molecule has 0 aliphatic heterocycles. The van der Waals surface area contributed by atoms with Crippen LogP contribution in [0.2, 0.25) is 0 Å². The second kappa shape index (κ2) is 12.7. The van der Waals surface area contributed by atoms with Crippen molar-refractivity contribution < 1.29 is 10.2 Å². The maximum atomic E-state index is 5.92.